The zero-order valence-electron chi connectivity index (χ0n) is 15.9. The Bertz CT molecular complexity index is 1200. The lowest BCUT2D eigenvalue weighted by Crippen LogP contribution is -2.29. The van der Waals surface area contributed by atoms with Gasteiger partial charge in [-0.3, -0.25) is 19.1 Å². The van der Waals surface area contributed by atoms with E-state index in [4.69, 9.17) is 0 Å². The van der Waals surface area contributed by atoms with Gasteiger partial charge >= 0.3 is 0 Å². The van der Waals surface area contributed by atoms with E-state index in [2.05, 4.69) is 20.4 Å². The number of carbonyl (C=O) groups is 1. The number of hydrogen-bond acceptors (Lipinski definition) is 5. The van der Waals surface area contributed by atoms with Gasteiger partial charge < -0.3 is 5.32 Å². The molecule has 146 valence electrons. The molecule has 0 aliphatic rings. The molecular weight excluding hydrogens is 368 g/mol. The molecule has 1 amide bonds. The number of para-hydroxylation sites is 1. The van der Waals surface area contributed by atoms with E-state index in [0.717, 1.165) is 11.4 Å². The van der Waals surface area contributed by atoms with Crippen LogP contribution < -0.4 is 10.9 Å². The molecule has 8 heteroatoms. The normalized spacial score (nSPS) is 10.9. The van der Waals surface area contributed by atoms with Crippen LogP contribution in [-0.4, -0.2) is 30.2 Å². The van der Waals surface area contributed by atoms with Gasteiger partial charge in [0.25, 0.3) is 5.56 Å². The fourth-order valence-electron chi connectivity index (χ4n) is 3.12. The van der Waals surface area contributed by atoms with Gasteiger partial charge in [0.05, 0.1) is 24.1 Å². The predicted octanol–water partition coefficient (Wildman–Crippen LogP) is 1.99. The number of rotatable bonds is 6. The van der Waals surface area contributed by atoms with Crippen LogP contribution in [0.2, 0.25) is 0 Å². The van der Waals surface area contributed by atoms with Crippen LogP contribution in [0.4, 0.5) is 0 Å². The summed E-state index contributed by atoms with van der Waals surface area (Å²) in [5.74, 6) is 0.389. The third-order valence-corrected chi connectivity index (χ3v) is 4.63. The molecular formula is C21H20N6O2. The Morgan fingerprint density at radius 1 is 1.10 bits per heavy atom. The second-order valence-electron chi connectivity index (χ2n) is 6.59. The highest BCUT2D eigenvalue weighted by Gasteiger charge is 2.14. The quantitative estimate of drug-likeness (QED) is 0.545. The van der Waals surface area contributed by atoms with Crippen molar-refractivity contribution < 1.29 is 4.79 Å². The van der Waals surface area contributed by atoms with E-state index >= 15 is 0 Å². The molecule has 4 rings (SSSR count). The standard InChI is InChI=1S/C21H20N6O2/c1-15-25-20-18(14-24-27(20)17-8-3-2-4-9-17)21(29)26(15)12-10-19(28)23-13-16-7-5-6-11-22-16/h2-9,11,14H,10,12-13H2,1H3,(H,23,28). The van der Waals surface area contributed by atoms with Gasteiger partial charge in [-0.05, 0) is 31.2 Å². The van der Waals surface area contributed by atoms with Crippen LogP contribution in [-0.2, 0) is 17.9 Å². The molecule has 4 aromatic rings. The summed E-state index contributed by atoms with van der Waals surface area (Å²) in [6.07, 6.45) is 3.38. The van der Waals surface area contributed by atoms with Crippen LogP contribution in [0.5, 0.6) is 0 Å². The molecule has 0 bridgehead atoms. The number of aryl methyl sites for hydroxylation is 1. The van der Waals surface area contributed by atoms with E-state index in [-0.39, 0.29) is 24.4 Å². The average Bonchev–Trinajstić information content (AvgIpc) is 3.17. The number of benzene rings is 1. The van der Waals surface area contributed by atoms with Crippen molar-refractivity contribution in [2.45, 2.75) is 26.4 Å². The highest BCUT2D eigenvalue weighted by molar-refractivity contribution is 5.76. The number of hydrogen-bond donors (Lipinski definition) is 1. The highest BCUT2D eigenvalue weighted by atomic mass is 16.2. The van der Waals surface area contributed by atoms with Gasteiger partial charge in [0.1, 0.15) is 11.2 Å². The lowest BCUT2D eigenvalue weighted by Gasteiger charge is -2.10. The summed E-state index contributed by atoms with van der Waals surface area (Å²) >= 11 is 0. The molecule has 0 saturated heterocycles. The Kier molecular flexibility index (Phi) is 5.15. The van der Waals surface area contributed by atoms with Gasteiger partial charge in [-0.1, -0.05) is 24.3 Å². The van der Waals surface area contributed by atoms with Crippen molar-refractivity contribution in [2.24, 2.45) is 0 Å². The number of pyridine rings is 1. The molecule has 0 saturated carbocycles. The predicted molar refractivity (Wildman–Crippen MR) is 109 cm³/mol. The molecule has 3 heterocycles. The molecule has 1 aromatic carbocycles. The minimum absolute atomic E-state index is 0.151. The summed E-state index contributed by atoms with van der Waals surface area (Å²) in [5, 5.41) is 7.56. The number of aromatic nitrogens is 5. The Morgan fingerprint density at radius 3 is 2.66 bits per heavy atom. The molecule has 0 aliphatic carbocycles. The molecule has 8 nitrogen and oxygen atoms in total. The number of carbonyl (C=O) groups excluding carboxylic acids is 1. The van der Waals surface area contributed by atoms with Crippen LogP contribution in [0.3, 0.4) is 0 Å². The van der Waals surface area contributed by atoms with Crippen LogP contribution >= 0.6 is 0 Å². The van der Waals surface area contributed by atoms with Crippen molar-refractivity contribution in [3.8, 4) is 5.69 Å². The van der Waals surface area contributed by atoms with Crippen LogP contribution in [0.25, 0.3) is 16.7 Å². The smallest absolute Gasteiger partial charge is 0.264 e. The van der Waals surface area contributed by atoms with Crippen molar-refractivity contribution in [1.82, 2.24) is 29.6 Å². The first kappa shape index (κ1) is 18.5. The van der Waals surface area contributed by atoms with E-state index in [1.165, 1.54) is 10.8 Å². The molecule has 0 unspecified atom stereocenters. The maximum atomic E-state index is 12.9. The maximum Gasteiger partial charge on any atom is 0.264 e. The van der Waals surface area contributed by atoms with Gasteiger partial charge in [0.2, 0.25) is 5.91 Å². The average molecular weight is 388 g/mol. The van der Waals surface area contributed by atoms with E-state index in [9.17, 15) is 9.59 Å². The Balaban J connectivity index is 1.51. The third-order valence-electron chi connectivity index (χ3n) is 4.63. The van der Waals surface area contributed by atoms with E-state index in [1.807, 2.05) is 48.5 Å². The monoisotopic (exact) mass is 388 g/mol. The summed E-state index contributed by atoms with van der Waals surface area (Å²) in [5.41, 5.74) is 1.92. The highest BCUT2D eigenvalue weighted by Crippen LogP contribution is 2.14. The van der Waals surface area contributed by atoms with Crippen molar-refractivity contribution in [1.29, 1.82) is 0 Å². The molecule has 0 aliphatic heterocycles. The van der Waals surface area contributed by atoms with Gasteiger partial charge in [-0.2, -0.15) is 5.10 Å². The second-order valence-corrected chi connectivity index (χ2v) is 6.59. The molecule has 0 atom stereocenters. The Morgan fingerprint density at radius 2 is 1.90 bits per heavy atom. The minimum atomic E-state index is -0.202. The Hall–Kier alpha value is -3.81. The first-order valence-electron chi connectivity index (χ1n) is 9.30. The maximum absolute atomic E-state index is 12.9. The SMILES string of the molecule is Cc1nc2c(cnn2-c2ccccc2)c(=O)n1CCC(=O)NCc1ccccn1. The summed E-state index contributed by atoms with van der Waals surface area (Å²) in [6.45, 7) is 2.36. The molecule has 3 aromatic heterocycles. The van der Waals surface area contributed by atoms with Crippen LogP contribution in [0.15, 0.2) is 65.7 Å². The minimum Gasteiger partial charge on any atom is -0.350 e. The zero-order chi connectivity index (χ0) is 20.2. The molecule has 29 heavy (non-hydrogen) atoms. The molecule has 0 spiro atoms. The third kappa shape index (κ3) is 3.91. The fraction of sp³-hybridized carbons (Fsp3) is 0.190. The fourth-order valence-corrected chi connectivity index (χ4v) is 3.12. The summed E-state index contributed by atoms with van der Waals surface area (Å²) in [7, 11) is 0. The van der Waals surface area contributed by atoms with E-state index < -0.39 is 0 Å². The van der Waals surface area contributed by atoms with Crippen molar-refractivity contribution in [3.05, 3.63) is 82.8 Å². The lowest BCUT2D eigenvalue weighted by atomic mass is 10.3. The largest absolute Gasteiger partial charge is 0.350 e. The van der Waals surface area contributed by atoms with Crippen LogP contribution in [0.1, 0.15) is 17.9 Å². The van der Waals surface area contributed by atoms with E-state index in [0.29, 0.717) is 23.4 Å². The number of fused-ring (bicyclic) bond motifs is 1. The zero-order valence-corrected chi connectivity index (χ0v) is 15.9. The first-order chi connectivity index (χ1) is 14.1. The van der Waals surface area contributed by atoms with Crippen LogP contribution in [0, 0.1) is 6.92 Å². The van der Waals surface area contributed by atoms with Gasteiger partial charge in [-0.25, -0.2) is 9.67 Å². The van der Waals surface area contributed by atoms with Crippen molar-refractivity contribution >= 4 is 16.9 Å². The summed E-state index contributed by atoms with van der Waals surface area (Å²) in [4.78, 5) is 33.8. The molecule has 1 N–H and O–H groups in total. The van der Waals surface area contributed by atoms with E-state index in [1.54, 1.807) is 17.8 Å². The number of amides is 1. The molecule has 0 radical (unpaired) electrons. The topological polar surface area (TPSA) is 94.7 Å². The van der Waals surface area contributed by atoms with Crippen molar-refractivity contribution in [2.75, 3.05) is 0 Å². The first-order valence-corrected chi connectivity index (χ1v) is 9.30. The number of nitrogens with one attached hydrogen (secondary N) is 1. The van der Waals surface area contributed by atoms with Gasteiger partial charge in [0, 0.05) is 19.2 Å². The number of nitrogens with zero attached hydrogens (tertiary/aromatic N) is 5. The van der Waals surface area contributed by atoms with Gasteiger partial charge in [0.15, 0.2) is 5.65 Å². The molecule has 0 fully saturated rings. The Labute approximate surface area is 166 Å². The summed E-state index contributed by atoms with van der Waals surface area (Å²) in [6, 6.07) is 15.1. The lowest BCUT2D eigenvalue weighted by molar-refractivity contribution is -0.121. The van der Waals surface area contributed by atoms with Crippen molar-refractivity contribution in [3.63, 3.8) is 0 Å². The summed E-state index contributed by atoms with van der Waals surface area (Å²) < 4.78 is 3.16. The second kappa shape index (κ2) is 8.05. The van der Waals surface area contributed by atoms with Gasteiger partial charge in [-0.15, -0.1) is 0 Å².